The average Bonchev–Trinajstić information content (AvgIpc) is 2.63. The second kappa shape index (κ2) is 7.08. The number of carbonyl (C=O) groups excluding carboxylic acids is 1. The number of carbonyl (C=O) groups is 1. The predicted octanol–water partition coefficient (Wildman–Crippen LogP) is 5.32. The molecule has 1 aliphatic heterocycles. The van der Waals surface area contributed by atoms with Crippen LogP contribution in [0.1, 0.15) is 36.1 Å². The molecule has 0 fully saturated rings. The number of hydrogen-bond acceptors (Lipinski definition) is 2. The third kappa shape index (κ3) is 3.05. The minimum Gasteiger partial charge on any atom is -0.492 e. The van der Waals surface area contributed by atoms with E-state index in [1.807, 2.05) is 31.2 Å². The van der Waals surface area contributed by atoms with Gasteiger partial charge in [-0.2, -0.15) is 0 Å². The van der Waals surface area contributed by atoms with Gasteiger partial charge in [0, 0.05) is 15.6 Å². The average molecular weight is 478 g/mol. The van der Waals surface area contributed by atoms with E-state index in [2.05, 4.69) is 54.6 Å². The van der Waals surface area contributed by atoms with Crippen molar-refractivity contribution in [3.8, 4) is 5.75 Å². The van der Waals surface area contributed by atoms with Crippen LogP contribution in [0.25, 0.3) is 5.70 Å². The smallest absolute Gasteiger partial charge is 0.320 e. The van der Waals surface area contributed by atoms with Crippen molar-refractivity contribution >= 4 is 43.6 Å². The first-order chi connectivity index (χ1) is 12.6. The summed E-state index contributed by atoms with van der Waals surface area (Å²) in [6.07, 6.45) is 1.85. The Labute approximate surface area is 169 Å². The summed E-state index contributed by atoms with van der Waals surface area (Å²) in [7, 11) is 0. The van der Waals surface area contributed by atoms with Crippen molar-refractivity contribution in [1.29, 1.82) is 0 Å². The van der Waals surface area contributed by atoms with Gasteiger partial charge in [-0.05, 0) is 59.0 Å². The Hall–Kier alpha value is -1.79. The van der Waals surface area contributed by atoms with E-state index in [4.69, 9.17) is 4.74 Å². The molecule has 1 heterocycles. The molecule has 2 aliphatic rings. The number of ether oxygens (including phenoxy) is 1. The van der Waals surface area contributed by atoms with Crippen molar-refractivity contribution in [1.82, 2.24) is 10.6 Å². The van der Waals surface area contributed by atoms with Gasteiger partial charge in [0.05, 0.1) is 22.8 Å². The molecule has 1 atom stereocenters. The Morgan fingerprint density at radius 3 is 2.81 bits per heavy atom. The molecule has 0 saturated heterocycles. The lowest BCUT2D eigenvalue weighted by Crippen LogP contribution is -2.44. The Morgan fingerprint density at radius 2 is 2.00 bits per heavy atom. The van der Waals surface area contributed by atoms with E-state index in [1.165, 1.54) is 11.1 Å². The molecule has 0 radical (unpaired) electrons. The number of rotatable bonds is 3. The SMILES string of the molecule is CCOc1c(Br)cc(Br)cc1C1NC(=O)NC2=C1CCc1ccccc12. The highest BCUT2D eigenvalue weighted by atomic mass is 79.9. The zero-order valence-electron chi connectivity index (χ0n) is 14.2. The first-order valence-corrected chi connectivity index (χ1v) is 10.2. The Balaban J connectivity index is 1.89. The summed E-state index contributed by atoms with van der Waals surface area (Å²) < 4.78 is 7.71. The summed E-state index contributed by atoms with van der Waals surface area (Å²) in [5, 5.41) is 6.11. The highest BCUT2D eigenvalue weighted by Crippen LogP contribution is 2.44. The molecule has 26 heavy (non-hydrogen) atoms. The Morgan fingerprint density at radius 1 is 1.19 bits per heavy atom. The quantitative estimate of drug-likeness (QED) is 0.628. The van der Waals surface area contributed by atoms with Crippen LogP contribution in [-0.2, 0) is 6.42 Å². The van der Waals surface area contributed by atoms with Gasteiger partial charge in [-0.1, -0.05) is 40.2 Å². The van der Waals surface area contributed by atoms with Crippen LogP contribution in [0.5, 0.6) is 5.75 Å². The molecule has 0 bridgehead atoms. The zero-order valence-corrected chi connectivity index (χ0v) is 17.4. The lowest BCUT2D eigenvalue weighted by atomic mass is 9.82. The van der Waals surface area contributed by atoms with E-state index in [0.29, 0.717) is 6.61 Å². The molecule has 0 saturated carbocycles. The van der Waals surface area contributed by atoms with Gasteiger partial charge in [-0.25, -0.2) is 4.79 Å². The maximum atomic E-state index is 12.4. The zero-order chi connectivity index (χ0) is 18.3. The molecular weight excluding hydrogens is 460 g/mol. The van der Waals surface area contributed by atoms with Crippen LogP contribution in [0, 0.1) is 0 Å². The van der Waals surface area contributed by atoms with Crippen molar-refractivity contribution in [3.05, 3.63) is 67.6 Å². The summed E-state index contributed by atoms with van der Waals surface area (Å²) in [5.41, 5.74) is 5.46. The third-order valence-electron chi connectivity index (χ3n) is 4.77. The molecule has 1 aliphatic carbocycles. The third-order valence-corrected chi connectivity index (χ3v) is 5.82. The highest BCUT2D eigenvalue weighted by molar-refractivity contribution is 9.11. The second-order valence-electron chi connectivity index (χ2n) is 6.33. The maximum Gasteiger partial charge on any atom is 0.320 e. The fourth-order valence-electron chi connectivity index (χ4n) is 3.71. The van der Waals surface area contributed by atoms with Crippen LogP contribution in [0.15, 0.2) is 50.9 Å². The molecule has 1 unspecified atom stereocenters. The second-order valence-corrected chi connectivity index (χ2v) is 8.10. The van der Waals surface area contributed by atoms with E-state index in [-0.39, 0.29) is 12.1 Å². The van der Waals surface area contributed by atoms with E-state index in [1.54, 1.807) is 0 Å². The van der Waals surface area contributed by atoms with E-state index >= 15 is 0 Å². The van der Waals surface area contributed by atoms with Crippen LogP contribution < -0.4 is 15.4 Å². The molecular formula is C20H18Br2N2O2. The predicted molar refractivity (Wildman–Crippen MR) is 109 cm³/mol. The Bertz CT molecular complexity index is 924. The topological polar surface area (TPSA) is 50.4 Å². The number of fused-ring (bicyclic) bond motifs is 2. The van der Waals surface area contributed by atoms with Gasteiger partial charge in [0.15, 0.2) is 0 Å². The molecule has 4 nitrogen and oxygen atoms in total. The Kier molecular flexibility index (Phi) is 4.80. The fourth-order valence-corrected chi connectivity index (χ4v) is 5.08. The number of aryl methyl sites for hydroxylation is 1. The van der Waals surface area contributed by atoms with E-state index < -0.39 is 0 Å². The van der Waals surface area contributed by atoms with Crippen molar-refractivity contribution in [3.63, 3.8) is 0 Å². The first kappa shape index (κ1) is 17.6. The number of halogens is 2. The highest BCUT2D eigenvalue weighted by Gasteiger charge is 2.34. The lowest BCUT2D eigenvalue weighted by Gasteiger charge is -2.35. The van der Waals surface area contributed by atoms with Gasteiger partial charge in [-0.3, -0.25) is 0 Å². The van der Waals surface area contributed by atoms with Gasteiger partial charge in [0.2, 0.25) is 0 Å². The minimum absolute atomic E-state index is 0.191. The van der Waals surface area contributed by atoms with Crippen LogP contribution in [0.2, 0.25) is 0 Å². The maximum absolute atomic E-state index is 12.4. The van der Waals surface area contributed by atoms with Crippen molar-refractivity contribution in [2.75, 3.05) is 6.61 Å². The number of hydrogen-bond donors (Lipinski definition) is 2. The fraction of sp³-hybridized carbons (Fsp3) is 0.250. The first-order valence-electron chi connectivity index (χ1n) is 8.59. The number of amides is 2. The van der Waals surface area contributed by atoms with Crippen LogP contribution in [0.4, 0.5) is 4.79 Å². The van der Waals surface area contributed by atoms with Crippen LogP contribution in [-0.4, -0.2) is 12.6 Å². The van der Waals surface area contributed by atoms with Crippen molar-refractivity contribution in [2.45, 2.75) is 25.8 Å². The molecule has 0 aromatic heterocycles. The minimum atomic E-state index is -0.220. The van der Waals surface area contributed by atoms with E-state index in [0.717, 1.165) is 44.4 Å². The van der Waals surface area contributed by atoms with E-state index in [9.17, 15) is 4.79 Å². The number of benzene rings is 2. The largest absolute Gasteiger partial charge is 0.492 e. The summed E-state index contributed by atoms with van der Waals surface area (Å²) in [5.74, 6) is 0.772. The number of nitrogens with one attached hydrogen (secondary N) is 2. The molecule has 4 rings (SSSR count). The van der Waals surface area contributed by atoms with Crippen LogP contribution in [0.3, 0.4) is 0 Å². The molecule has 2 aromatic rings. The van der Waals surface area contributed by atoms with Crippen molar-refractivity contribution in [2.24, 2.45) is 0 Å². The molecule has 0 spiro atoms. The summed E-state index contributed by atoms with van der Waals surface area (Å²) in [4.78, 5) is 12.4. The number of urea groups is 1. The summed E-state index contributed by atoms with van der Waals surface area (Å²) in [6, 6.07) is 11.8. The van der Waals surface area contributed by atoms with Crippen molar-refractivity contribution < 1.29 is 9.53 Å². The molecule has 2 N–H and O–H groups in total. The lowest BCUT2D eigenvalue weighted by molar-refractivity contribution is 0.240. The van der Waals surface area contributed by atoms with Gasteiger partial charge in [0.1, 0.15) is 5.75 Å². The summed E-state index contributed by atoms with van der Waals surface area (Å²) >= 11 is 7.16. The molecule has 2 aromatic carbocycles. The standard InChI is InChI=1S/C20H18Br2N2O2/c1-2-26-19-15(9-12(21)10-16(19)22)18-14-8-7-11-5-3-4-6-13(11)17(14)23-20(25)24-18/h3-6,9-10,18H,2,7-8H2,1H3,(H2,23,24,25). The normalized spacial score (nSPS) is 18.6. The van der Waals surface area contributed by atoms with Gasteiger partial charge in [0.25, 0.3) is 0 Å². The van der Waals surface area contributed by atoms with Gasteiger partial charge < -0.3 is 15.4 Å². The molecule has 2 amide bonds. The van der Waals surface area contributed by atoms with Crippen LogP contribution >= 0.6 is 31.9 Å². The molecule has 134 valence electrons. The molecule has 6 heteroatoms. The summed E-state index contributed by atoms with van der Waals surface area (Å²) in [6.45, 7) is 2.52. The van der Waals surface area contributed by atoms with Gasteiger partial charge in [-0.15, -0.1) is 0 Å². The monoisotopic (exact) mass is 476 g/mol. The van der Waals surface area contributed by atoms with Gasteiger partial charge >= 0.3 is 6.03 Å².